The number of hydrogen-bond acceptors (Lipinski definition) is 5. The SMILES string of the molecule is COc1ccc(C=c2c(=O)n(Cc3ccccc3)c3nc4c(c(=O)n(C)c(=O)n4C)n23)cc1. The Hall–Kier alpha value is -4.40. The second kappa shape index (κ2) is 7.63. The summed E-state index contributed by atoms with van der Waals surface area (Å²) >= 11 is 0. The molecule has 3 heterocycles. The first-order chi connectivity index (χ1) is 15.9. The third-order valence-electron chi connectivity index (χ3n) is 5.79. The van der Waals surface area contributed by atoms with Crippen molar-refractivity contribution in [2.45, 2.75) is 6.54 Å². The van der Waals surface area contributed by atoms with Gasteiger partial charge in [-0.3, -0.25) is 27.7 Å². The first kappa shape index (κ1) is 20.5. The summed E-state index contributed by atoms with van der Waals surface area (Å²) in [7, 11) is 4.55. The van der Waals surface area contributed by atoms with E-state index in [1.165, 1.54) is 16.2 Å². The first-order valence-corrected chi connectivity index (χ1v) is 10.3. The predicted octanol–water partition coefficient (Wildman–Crippen LogP) is 0.651. The molecule has 5 rings (SSSR count). The monoisotopic (exact) mass is 443 g/mol. The maximum Gasteiger partial charge on any atom is 0.332 e. The second-order valence-corrected chi connectivity index (χ2v) is 7.80. The molecule has 0 atom stereocenters. The number of rotatable bonds is 4. The van der Waals surface area contributed by atoms with Crippen LogP contribution >= 0.6 is 0 Å². The Bertz CT molecular complexity index is 1740. The van der Waals surface area contributed by atoms with Gasteiger partial charge in [-0.05, 0) is 29.3 Å². The van der Waals surface area contributed by atoms with Crippen LogP contribution in [-0.2, 0) is 20.6 Å². The molecule has 166 valence electrons. The van der Waals surface area contributed by atoms with Crippen LogP contribution in [0.1, 0.15) is 11.1 Å². The summed E-state index contributed by atoms with van der Waals surface area (Å²) in [6.45, 7) is 0.275. The van der Waals surface area contributed by atoms with Crippen LogP contribution in [0.4, 0.5) is 0 Å². The van der Waals surface area contributed by atoms with Crippen LogP contribution in [0.15, 0.2) is 69.0 Å². The lowest BCUT2D eigenvalue weighted by molar-refractivity contribution is 0.415. The fourth-order valence-corrected chi connectivity index (χ4v) is 4.01. The molecule has 0 aliphatic heterocycles. The molecule has 9 heteroatoms. The van der Waals surface area contributed by atoms with Crippen LogP contribution in [0, 0.1) is 0 Å². The van der Waals surface area contributed by atoms with Gasteiger partial charge in [0.2, 0.25) is 5.78 Å². The van der Waals surface area contributed by atoms with Crippen molar-refractivity contribution in [1.29, 1.82) is 0 Å². The van der Waals surface area contributed by atoms with Crippen molar-refractivity contribution in [3.8, 4) is 5.75 Å². The number of aromatic nitrogens is 5. The molecule has 0 unspecified atom stereocenters. The summed E-state index contributed by atoms with van der Waals surface area (Å²) in [5.74, 6) is 0.996. The van der Waals surface area contributed by atoms with Crippen molar-refractivity contribution in [3.05, 3.63) is 102 Å². The van der Waals surface area contributed by atoms with E-state index in [0.29, 0.717) is 11.5 Å². The molecule has 0 amide bonds. The zero-order valence-corrected chi connectivity index (χ0v) is 18.3. The van der Waals surface area contributed by atoms with E-state index in [1.807, 2.05) is 42.5 Å². The van der Waals surface area contributed by atoms with E-state index in [-0.39, 0.29) is 28.6 Å². The van der Waals surface area contributed by atoms with Gasteiger partial charge in [-0.2, -0.15) is 4.98 Å². The molecule has 0 saturated carbocycles. The van der Waals surface area contributed by atoms with Gasteiger partial charge in [0.05, 0.1) is 13.7 Å². The lowest BCUT2D eigenvalue weighted by atomic mass is 10.2. The van der Waals surface area contributed by atoms with Crippen molar-refractivity contribution in [3.63, 3.8) is 0 Å². The molecule has 3 aromatic heterocycles. The van der Waals surface area contributed by atoms with Crippen LogP contribution in [-0.4, -0.2) is 30.2 Å². The number of fused-ring (bicyclic) bond motifs is 3. The van der Waals surface area contributed by atoms with Crippen molar-refractivity contribution in [2.24, 2.45) is 14.1 Å². The highest BCUT2D eigenvalue weighted by atomic mass is 16.5. The van der Waals surface area contributed by atoms with E-state index in [2.05, 4.69) is 4.98 Å². The predicted molar refractivity (Wildman–Crippen MR) is 125 cm³/mol. The number of nitrogens with zero attached hydrogens (tertiary/aromatic N) is 5. The molecule has 0 fully saturated rings. The van der Waals surface area contributed by atoms with Crippen LogP contribution < -0.4 is 26.9 Å². The van der Waals surface area contributed by atoms with E-state index in [1.54, 1.807) is 36.8 Å². The first-order valence-electron chi connectivity index (χ1n) is 10.3. The van der Waals surface area contributed by atoms with Crippen LogP contribution in [0.5, 0.6) is 5.75 Å². The van der Waals surface area contributed by atoms with Gasteiger partial charge in [-0.15, -0.1) is 0 Å². The summed E-state index contributed by atoms with van der Waals surface area (Å²) < 4.78 is 10.6. The van der Waals surface area contributed by atoms with Gasteiger partial charge in [0.15, 0.2) is 11.2 Å². The number of methoxy groups -OCH3 is 1. The maximum atomic E-state index is 13.5. The lowest BCUT2D eigenvalue weighted by Gasteiger charge is -2.02. The summed E-state index contributed by atoms with van der Waals surface area (Å²) in [6, 6.07) is 16.8. The topological polar surface area (TPSA) is 92.5 Å². The largest absolute Gasteiger partial charge is 0.497 e. The third kappa shape index (κ3) is 3.16. The molecule has 0 aliphatic rings. The molecular weight excluding hydrogens is 422 g/mol. The Labute approximate surface area is 187 Å². The Morgan fingerprint density at radius 1 is 0.909 bits per heavy atom. The van der Waals surface area contributed by atoms with Crippen LogP contribution in [0.25, 0.3) is 23.0 Å². The Balaban J connectivity index is 1.91. The molecule has 5 aromatic rings. The minimum atomic E-state index is -0.512. The summed E-state index contributed by atoms with van der Waals surface area (Å²) in [4.78, 5) is 43.7. The fourth-order valence-electron chi connectivity index (χ4n) is 4.01. The van der Waals surface area contributed by atoms with E-state index >= 15 is 0 Å². The highest BCUT2D eigenvalue weighted by Crippen LogP contribution is 2.13. The van der Waals surface area contributed by atoms with Crippen molar-refractivity contribution in [1.82, 2.24) is 23.1 Å². The Morgan fingerprint density at radius 3 is 2.27 bits per heavy atom. The highest BCUT2D eigenvalue weighted by molar-refractivity contribution is 5.76. The number of imidazole rings is 2. The number of hydrogen-bond donors (Lipinski definition) is 0. The van der Waals surface area contributed by atoms with E-state index < -0.39 is 11.2 Å². The van der Waals surface area contributed by atoms with E-state index in [9.17, 15) is 14.4 Å². The number of benzene rings is 2. The number of aryl methyl sites for hydroxylation is 1. The lowest BCUT2D eigenvalue weighted by Crippen LogP contribution is -2.39. The third-order valence-corrected chi connectivity index (χ3v) is 5.79. The quantitative estimate of drug-likeness (QED) is 0.407. The van der Waals surface area contributed by atoms with Gasteiger partial charge >= 0.3 is 5.69 Å². The van der Waals surface area contributed by atoms with Gasteiger partial charge in [0, 0.05) is 14.1 Å². The Kier molecular flexibility index (Phi) is 4.74. The van der Waals surface area contributed by atoms with Gasteiger partial charge in [-0.1, -0.05) is 42.5 Å². The van der Waals surface area contributed by atoms with Crippen molar-refractivity contribution < 1.29 is 4.74 Å². The summed E-state index contributed by atoms with van der Waals surface area (Å²) in [6.07, 6.45) is 1.71. The average Bonchev–Trinajstić information content (AvgIpc) is 3.34. The fraction of sp³-hybridized carbons (Fsp3) is 0.167. The molecule has 0 aliphatic carbocycles. The molecule has 0 spiro atoms. The van der Waals surface area contributed by atoms with E-state index in [4.69, 9.17) is 4.74 Å². The summed E-state index contributed by atoms with van der Waals surface area (Å²) in [5, 5.41) is 0.282. The highest BCUT2D eigenvalue weighted by Gasteiger charge is 2.21. The van der Waals surface area contributed by atoms with Crippen LogP contribution in [0.3, 0.4) is 0 Å². The van der Waals surface area contributed by atoms with Gasteiger partial charge in [-0.25, -0.2) is 4.79 Å². The summed E-state index contributed by atoms with van der Waals surface area (Å²) in [5.41, 5.74) is 0.803. The molecule has 2 aromatic carbocycles. The molecular formula is C24H21N5O4. The maximum absolute atomic E-state index is 13.5. The Morgan fingerprint density at radius 2 is 1.61 bits per heavy atom. The number of ether oxygens (including phenoxy) is 1. The molecule has 0 bridgehead atoms. The molecule has 0 N–H and O–H groups in total. The van der Waals surface area contributed by atoms with Gasteiger partial charge in [0.25, 0.3) is 11.1 Å². The smallest absolute Gasteiger partial charge is 0.332 e. The molecule has 33 heavy (non-hydrogen) atoms. The standard InChI is InChI=1S/C24H21N5O4/c1-26-20-19(22(31)27(2)24(26)32)29-18(13-15-9-11-17(33-3)12-10-15)21(30)28(23(29)25-20)14-16-7-5-4-6-8-16/h4-13H,14H2,1-3H3. The van der Waals surface area contributed by atoms with E-state index in [0.717, 1.165) is 15.7 Å². The zero-order chi connectivity index (χ0) is 23.3. The second-order valence-electron chi connectivity index (χ2n) is 7.80. The average molecular weight is 443 g/mol. The van der Waals surface area contributed by atoms with Gasteiger partial charge < -0.3 is 4.74 Å². The van der Waals surface area contributed by atoms with Gasteiger partial charge in [0.1, 0.15) is 11.1 Å². The minimum absolute atomic E-state index is 0.179. The molecule has 0 saturated heterocycles. The van der Waals surface area contributed by atoms with Crippen LogP contribution in [0.2, 0.25) is 0 Å². The normalized spacial score (nSPS) is 12.2. The van der Waals surface area contributed by atoms with Crippen molar-refractivity contribution in [2.75, 3.05) is 7.11 Å². The molecule has 9 nitrogen and oxygen atoms in total. The minimum Gasteiger partial charge on any atom is -0.497 e. The van der Waals surface area contributed by atoms with Crippen molar-refractivity contribution >= 4 is 23.0 Å². The molecule has 0 radical (unpaired) electrons. The zero-order valence-electron chi connectivity index (χ0n) is 18.3.